The Morgan fingerprint density at radius 3 is 2.24 bits per heavy atom. The lowest BCUT2D eigenvalue weighted by Crippen LogP contribution is -2.17. The molecule has 0 aliphatic heterocycles. The highest BCUT2D eigenvalue weighted by Crippen LogP contribution is 2.35. The van der Waals surface area contributed by atoms with E-state index in [1.807, 2.05) is 48.5 Å². The fourth-order valence-corrected chi connectivity index (χ4v) is 4.43. The third kappa shape index (κ3) is 6.63. The van der Waals surface area contributed by atoms with E-state index in [0.717, 1.165) is 28.1 Å². The Balaban J connectivity index is 1.63. The van der Waals surface area contributed by atoms with Crippen molar-refractivity contribution in [1.82, 2.24) is 5.43 Å². The van der Waals surface area contributed by atoms with E-state index >= 15 is 0 Å². The number of nitrogens with zero attached hydrogens (tertiary/aromatic N) is 1. The molecule has 0 aromatic heterocycles. The minimum absolute atomic E-state index is 0.259. The van der Waals surface area contributed by atoms with Gasteiger partial charge in [-0.15, -0.1) is 0 Å². The number of halogens is 4. The summed E-state index contributed by atoms with van der Waals surface area (Å²) in [4.78, 5) is 12.1. The first-order chi connectivity index (χ1) is 13.9. The molecule has 8 heteroatoms. The molecule has 0 unspecified atom stereocenters. The third-order valence-electron chi connectivity index (χ3n) is 3.80. The van der Waals surface area contributed by atoms with Crippen LogP contribution in [0.1, 0.15) is 21.5 Å². The van der Waals surface area contributed by atoms with E-state index in [1.54, 1.807) is 18.3 Å². The number of hydrogen-bond acceptors (Lipinski definition) is 3. The number of carbonyl (C=O) groups excluding carboxylic acids is 1. The molecule has 4 nitrogen and oxygen atoms in total. The van der Waals surface area contributed by atoms with Gasteiger partial charge in [0.25, 0.3) is 5.91 Å². The van der Waals surface area contributed by atoms with E-state index in [4.69, 9.17) is 4.74 Å². The number of hydrazone groups is 1. The fraction of sp³-hybridized carbons (Fsp3) is 0.0476. The van der Waals surface area contributed by atoms with Crippen molar-refractivity contribution in [1.29, 1.82) is 0 Å². The number of carbonyl (C=O) groups is 1. The first kappa shape index (κ1) is 22.5. The molecule has 0 spiro atoms. The molecule has 1 N–H and O–H groups in total. The van der Waals surface area contributed by atoms with E-state index in [0.29, 0.717) is 17.9 Å². The van der Waals surface area contributed by atoms with Gasteiger partial charge in [0.2, 0.25) is 0 Å². The van der Waals surface area contributed by atoms with Crippen molar-refractivity contribution in [3.05, 3.63) is 94.3 Å². The molecule has 0 aliphatic carbocycles. The maximum absolute atomic E-state index is 12.1. The molecule has 3 aromatic rings. The monoisotopic (exact) mass is 690 g/mol. The lowest BCUT2D eigenvalue weighted by atomic mass is 10.2. The minimum atomic E-state index is -0.259. The molecule has 0 fully saturated rings. The lowest BCUT2D eigenvalue weighted by Gasteiger charge is -2.11. The fourth-order valence-electron chi connectivity index (χ4n) is 2.36. The van der Waals surface area contributed by atoms with E-state index in [1.165, 1.54) is 0 Å². The van der Waals surface area contributed by atoms with Crippen molar-refractivity contribution in [3.63, 3.8) is 0 Å². The molecule has 1 amide bonds. The highest BCUT2D eigenvalue weighted by molar-refractivity contribution is 14.1. The quantitative estimate of drug-likeness (QED) is 0.173. The van der Waals surface area contributed by atoms with Crippen LogP contribution >= 0.6 is 70.4 Å². The summed E-state index contributed by atoms with van der Waals surface area (Å²) in [6, 6.07) is 19.0. The molecule has 29 heavy (non-hydrogen) atoms. The van der Waals surface area contributed by atoms with Gasteiger partial charge in [-0.25, -0.2) is 5.43 Å². The highest BCUT2D eigenvalue weighted by atomic mass is 127. The molecule has 0 saturated heterocycles. The van der Waals surface area contributed by atoms with Gasteiger partial charge in [0.1, 0.15) is 12.4 Å². The summed E-state index contributed by atoms with van der Waals surface area (Å²) in [5.74, 6) is 0.443. The van der Waals surface area contributed by atoms with E-state index in [9.17, 15) is 4.79 Å². The molecule has 0 saturated carbocycles. The van der Waals surface area contributed by atoms with Crippen LogP contribution < -0.4 is 10.2 Å². The third-order valence-corrected chi connectivity index (χ3v) is 6.23. The number of amides is 1. The molecular formula is C21H14Br3IN2O2. The van der Waals surface area contributed by atoms with Crippen LogP contribution in [0.3, 0.4) is 0 Å². The van der Waals surface area contributed by atoms with Gasteiger partial charge in [0, 0.05) is 13.6 Å². The molecule has 3 aromatic carbocycles. The second-order valence-corrected chi connectivity index (χ2v) is 9.80. The van der Waals surface area contributed by atoms with Gasteiger partial charge in [-0.2, -0.15) is 5.10 Å². The van der Waals surface area contributed by atoms with E-state index < -0.39 is 0 Å². The highest BCUT2D eigenvalue weighted by Gasteiger charge is 2.09. The van der Waals surface area contributed by atoms with Crippen LogP contribution in [0.5, 0.6) is 5.75 Å². The Hall–Kier alpha value is -1.23. The largest absolute Gasteiger partial charge is 0.487 e. The van der Waals surface area contributed by atoms with Crippen LogP contribution in [-0.2, 0) is 6.61 Å². The van der Waals surface area contributed by atoms with Gasteiger partial charge in [-0.3, -0.25) is 4.79 Å². The zero-order chi connectivity index (χ0) is 20.8. The van der Waals surface area contributed by atoms with Crippen LogP contribution in [0.4, 0.5) is 0 Å². The molecule has 0 radical (unpaired) electrons. The average molecular weight is 693 g/mol. The van der Waals surface area contributed by atoms with Crippen LogP contribution in [0.2, 0.25) is 0 Å². The number of rotatable bonds is 6. The predicted octanol–water partition coefficient (Wildman–Crippen LogP) is 6.92. The van der Waals surface area contributed by atoms with Gasteiger partial charge in [0.15, 0.2) is 0 Å². The molecule has 3 rings (SSSR count). The summed E-state index contributed by atoms with van der Waals surface area (Å²) in [6.07, 6.45) is 1.58. The zero-order valence-corrected chi connectivity index (χ0v) is 21.7. The number of hydrogen-bond donors (Lipinski definition) is 1. The van der Waals surface area contributed by atoms with Crippen LogP contribution in [-0.4, -0.2) is 12.1 Å². The van der Waals surface area contributed by atoms with Gasteiger partial charge < -0.3 is 4.74 Å². The number of ether oxygens (including phenoxy) is 1. The second kappa shape index (κ2) is 10.7. The van der Waals surface area contributed by atoms with Crippen molar-refractivity contribution in [2.45, 2.75) is 6.61 Å². The number of nitrogens with one attached hydrogen (secondary N) is 1. The Morgan fingerprint density at radius 1 is 1.00 bits per heavy atom. The van der Waals surface area contributed by atoms with Crippen molar-refractivity contribution in [2.75, 3.05) is 0 Å². The Morgan fingerprint density at radius 2 is 1.62 bits per heavy atom. The maximum atomic E-state index is 12.1. The van der Waals surface area contributed by atoms with E-state index in [2.05, 4.69) is 80.9 Å². The predicted molar refractivity (Wildman–Crippen MR) is 135 cm³/mol. The summed E-state index contributed by atoms with van der Waals surface area (Å²) in [7, 11) is 0. The second-order valence-electron chi connectivity index (χ2n) is 5.93. The first-order valence-corrected chi connectivity index (χ1v) is 11.8. The van der Waals surface area contributed by atoms with Gasteiger partial charge in [-0.05, 0) is 114 Å². The number of benzene rings is 3. The maximum Gasteiger partial charge on any atom is 0.271 e. The first-order valence-electron chi connectivity index (χ1n) is 8.37. The van der Waals surface area contributed by atoms with Crippen molar-refractivity contribution in [2.24, 2.45) is 5.10 Å². The van der Waals surface area contributed by atoms with Gasteiger partial charge >= 0.3 is 0 Å². The van der Waals surface area contributed by atoms with Gasteiger partial charge in [-0.1, -0.05) is 28.1 Å². The van der Waals surface area contributed by atoms with Gasteiger partial charge in [0.05, 0.1) is 15.2 Å². The molecule has 0 heterocycles. The summed E-state index contributed by atoms with van der Waals surface area (Å²) < 4.78 is 9.61. The van der Waals surface area contributed by atoms with Crippen LogP contribution in [0.25, 0.3) is 0 Å². The Labute approximate surface area is 207 Å². The molecule has 0 aliphatic rings. The summed E-state index contributed by atoms with van der Waals surface area (Å²) >= 11 is 12.7. The Kier molecular flexibility index (Phi) is 8.28. The smallest absolute Gasteiger partial charge is 0.271 e. The average Bonchev–Trinajstić information content (AvgIpc) is 2.69. The van der Waals surface area contributed by atoms with E-state index in [-0.39, 0.29) is 5.91 Å². The topological polar surface area (TPSA) is 50.7 Å². The van der Waals surface area contributed by atoms with Crippen molar-refractivity contribution < 1.29 is 9.53 Å². The molecule has 0 bridgehead atoms. The van der Waals surface area contributed by atoms with Crippen LogP contribution in [0, 0.1) is 3.57 Å². The summed E-state index contributed by atoms with van der Waals surface area (Å²) in [6.45, 7) is 0.448. The SMILES string of the molecule is O=C(N/N=C\c1cc(Br)c(OCc2ccc(Br)cc2)c(Br)c1)c1ccc(I)cc1. The molecule has 0 atom stereocenters. The molecular weight excluding hydrogens is 679 g/mol. The summed E-state index contributed by atoms with van der Waals surface area (Å²) in [5.41, 5.74) is 4.96. The summed E-state index contributed by atoms with van der Waals surface area (Å²) in [5, 5.41) is 4.04. The van der Waals surface area contributed by atoms with Crippen molar-refractivity contribution in [3.8, 4) is 5.75 Å². The molecule has 148 valence electrons. The van der Waals surface area contributed by atoms with Crippen molar-refractivity contribution >= 4 is 82.5 Å². The minimum Gasteiger partial charge on any atom is -0.487 e. The Bertz CT molecular complexity index is 1020. The standard InChI is InChI=1S/C21H14Br3IN2O2/c22-16-5-1-13(2-6-16)12-29-20-18(23)9-14(10-19(20)24)11-26-27-21(28)15-3-7-17(25)8-4-15/h1-11H,12H2,(H,27,28)/b26-11-. The normalized spacial score (nSPS) is 10.9. The zero-order valence-electron chi connectivity index (χ0n) is 14.8. The van der Waals surface area contributed by atoms with Crippen LogP contribution in [0.15, 0.2) is 79.2 Å². The lowest BCUT2D eigenvalue weighted by molar-refractivity contribution is 0.0955.